The van der Waals surface area contributed by atoms with E-state index < -0.39 is 7.60 Å². The van der Waals surface area contributed by atoms with Crippen molar-refractivity contribution >= 4 is 19.4 Å². The van der Waals surface area contributed by atoms with Crippen LogP contribution in [0.25, 0.3) is 0 Å². The molecule has 0 spiro atoms. The summed E-state index contributed by atoms with van der Waals surface area (Å²) in [5, 5.41) is 3.58. The smallest absolute Gasteiger partial charge is 0.305 e. The van der Waals surface area contributed by atoms with Gasteiger partial charge in [-0.05, 0) is 47.1 Å². The monoisotopic (exact) mass is 357 g/mol. The average Bonchev–Trinajstić information content (AvgIpc) is 2.74. The van der Waals surface area contributed by atoms with Gasteiger partial charge in [-0.1, -0.05) is 30.3 Å². The van der Waals surface area contributed by atoms with E-state index >= 15 is 0 Å². The summed E-state index contributed by atoms with van der Waals surface area (Å²) in [5.74, 6) is -0.352. The van der Waals surface area contributed by atoms with Crippen molar-refractivity contribution in [3.05, 3.63) is 35.9 Å². The third kappa shape index (κ3) is 4.61. The van der Waals surface area contributed by atoms with Gasteiger partial charge in [-0.3, -0.25) is 9.88 Å². The molecular weight excluding hydrogens is 329 g/mol. The van der Waals surface area contributed by atoms with Crippen LogP contribution in [0.1, 0.15) is 52.5 Å². The van der Waals surface area contributed by atoms with Crippen LogP contribution in [0.5, 0.6) is 0 Å². The van der Waals surface area contributed by atoms with Gasteiger partial charge in [-0.2, -0.15) is 0 Å². The van der Waals surface area contributed by atoms with Crippen molar-refractivity contribution in [1.82, 2.24) is 5.32 Å². The number of hydrogen-bond donors (Lipinski definition) is 1. The normalized spacial score (nSPS) is 24.5. The van der Waals surface area contributed by atoms with Crippen LogP contribution < -0.4 is 5.32 Å². The molecule has 1 fully saturated rings. The molecule has 1 aromatic carbocycles. The van der Waals surface area contributed by atoms with Gasteiger partial charge in [-0.15, -0.1) is 11.8 Å². The third-order valence-corrected chi connectivity index (χ3v) is 8.04. The molecule has 23 heavy (non-hydrogen) atoms. The van der Waals surface area contributed by atoms with E-state index in [0.29, 0.717) is 0 Å². The fraction of sp³-hybridized carbons (Fsp3) is 0.647. The second-order valence-corrected chi connectivity index (χ2v) is 10.7. The van der Waals surface area contributed by atoms with E-state index in [-0.39, 0.29) is 28.1 Å². The van der Waals surface area contributed by atoms with Crippen LogP contribution in [-0.2, 0) is 13.6 Å². The summed E-state index contributed by atoms with van der Waals surface area (Å²) >= 11 is 1.77. The molecule has 1 N–H and O–H groups in total. The highest BCUT2D eigenvalue weighted by Gasteiger charge is 2.53. The maximum Gasteiger partial charge on any atom is 0.349 e. The molecule has 1 aliphatic heterocycles. The molecule has 0 unspecified atom stereocenters. The Morgan fingerprint density at radius 3 is 2.09 bits per heavy atom. The van der Waals surface area contributed by atoms with Gasteiger partial charge in [0.2, 0.25) is 0 Å². The van der Waals surface area contributed by atoms with E-state index in [2.05, 4.69) is 31.3 Å². The molecule has 0 saturated carbocycles. The molecule has 1 heterocycles. The van der Waals surface area contributed by atoms with E-state index in [1.807, 2.05) is 45.9 Å². The SMILES string of the molecule is CC(C)OP(=O)(OC(C)C)[C@@H]1N[C@H](c2ccccc2)SC1(C)C. The fourth-order valence-corrected chi connectivity index (χ4v) is 7.28. The van der Waals surface area contributed by atoms with Crippen LogP contribution in [0.3, 0.4) is 0 Å². The molecule has 1 aromatic rings. The minimum Gasteiger partial charge on any atom is -0.305 e. The van der Waals surface area contributed by atoms with E-state index in [0.717, 1.165) is 0 Å². The summed E-state index contributed by atoms with van der Waals surface area (Å²) in [6, 6.07) is 10.2. The van der Waals surface area contributed by atoms with Gasteiger partial charge in [0, 0.05) is 4.75 Å². The Labute approximate surface area is 144 Å². The van der Waals surface area contributed by atoms with E-state index in [1.54, 1.807) is 11.8 Å². The third-order valence-electron chi connectivity index (χ3n) is 3.52. The van der Waals surface area contributed by atoms with Crippen molar-refractivity contribution in [2.24, 2.45) is 0 Å². The molecule has 2 rings (SSSR count). The van der Waals surface area contributed by atoms with Crippen LogP contribution in [0.2, 0.25) is 0 Å². The Hall–Kier alpha value is -0.320. The maximum absolute atomic E-state index is 13.5. The first-order valence-corrected chi connectivity index (χ1v) is 10.6. The molecular formula is C17H28NO3PS. The first-order valence-electron chi connectivity index (χ1n) is 8.09. The summed E-state index contributed by atoms with van der Waals surface area (Å²) in [5.41, 5.74) is 1.17. The van der Waals surface area contributed by atoms with Crippen LogP contribution in [0.15, 0.2) is 30.3 Å². The molecule has 1 aliphatic rings. The zero-order valence-electron chi connectivity index (χ0n) is 14.8. The number of thioether (sulfide) groups is 1. The molecule has 0 bridgehead atoms. The number of benzene rings is 1. The van der Waals surface area contributed by atoms with E-state index in [9.17, 15) is 4.57 Å². The van der Waals surface area contributed by atoms with Crippen molar-refractivity contribution in [2.45, 2.75) is 69.7 Å². The van der Waals surface area contributed by atoms with Gasteiger partial charge in [0.15, 0.2) is 0 Å². The molecule has 2 atom stereocenters. The van der Waals surface area contributed by atoms with Gasteiger partial charge in [0.05, 0.1) is 17.6 Å². The van der Waals surface area contributed by atoms with Crippen molar-refractivity contribution in [1.29, 1.82) is 0 Å². The Morgan fingerprint density at radius 2 is 1.61 bits per heavy atom. The quantitative estimate of drug-likeness (QED) is 0.712. The second kappa shape index (κ2) is 7.28. The predicted octanol–water partition coefficient (Wildman–Crippen LogP) is 5.17. The van der Waals surface area contributed by atoms with Crippen molar-refractivity contribution < 1.29 is 13.6 Å². The Morgan fingerprint density at radius 1 is 1.09 bits per heavy atom. The summed E-state index contributed by atoms with van der Waals surface area (Å²) in [6.45, 7) is 11.7. The first-order chi connectivity index (χ1) is 10.6. The molecule has 6 heteroatoms. The maximum atomic E-state index is 13.5. The highest BCUT2D eigenvalue weighted by Crippen LogP contribution is 2.64. The second-order valence-electron chi connectivity index (χ2n) is 6.93. The first kappa shape index (κ1) is 19.0. The van der Waals surface area contributed by atoms with Gasteiger partial charge >= 0.3 is 7.60 Å². The number of rotatable bonds is 6. The molecule has 4 nitrogen and oxygen atoms in total. The summed E-state index contributed by atoms with van der Waals surface area (Å²) in [4.78, 5) is 0. The Balaban J connectivity index is 2.29. The molecule has 130 valence electrons. The zero-order chi connectivity index (χ0) is 17.3. The number of nitrogens with one attached hydrogen (secondary N) is 1. The lowest BCUT2D eigenvalue weighted by Crippen LogP contribution is -2.39. The lowest BCUT2D eigenvalue weighted by Gasteiger charge is -2.33. The van der Waals surface area contributed by atoms with Crippen molar-refractivity contribution in [2.75, 3.05) is 0 Å². The Bertz CT molecular complexity index is 548. The van der Waals surface area contributed by atoms with Crippen LogP contribution in [0.4, 0.5) is 0 Å². The lowest BCUT2D eigenvalue weighted by molar-refractivity contribution is 0.132. The van der Waals surface area contributed by atoms with Gasteiger partial charge < -0.3 is 9.05 Å². The van der Waals surface area contributed by atoms with Crippen molar-refractivity contribution in [3.8, 4) is 0 Å². The minimum atomic E-state index is -3.29. The molecule has 0 amide bonds. The molecule has 0 aromatic heterocycles. The fourth-order valence-electron chi connectivity index (χ4n) is 2.74. The van der Waals surface area contributed by atoms with E-state index in [4.69, 9.17) is 9.05 Å². The highest BCUT2D eigenvalue weighted by molar-refractivity contribution is 8.01. The highest BCUT2D eigenvalue weighted by atomic mass is 32.2. The van der Waals surface area contributed by atoms with E-state index in [1.165, 1.54) is 5.56 Å². The van der Waals surface area contributed by atoms with Crippen LogP contribution in [-0.4, -0.2) is 22.7 Å². The van der Waals surface area contributed by atoms with Gasteiger partial charge in [-0.25, -0.2) is 0 Å². The summed E-state index contributed by atoms with van der Waals surface area (Å²) in [6.07, 6.45) is -0.309. The van der Waals surface area contributed by atoms with Gasteiger partial charge in [0.25, 0.3) is 0 Å². The number of hydrogen-bond acceptors (Lipinski definition) is 5. The topological polar surface area (TPSA) is 47.6 Å². The molecule has 1 saturated heterocycles. The summed E-state index contributed by atoms with van der Waals surface area (Å²) in [7, 11) is -3.29. The zero-order valence-corrected chi connectivity index (χ0v) is 16.5. The van der Waals surface area contributed by atoms with Crippen LogP contribution >= 0.6 is 19.4 Å². The Kier molecular flexibility index (Phi) is 6.02. The standard InChI is InChI=1S/C17H28NO3PS/c1-12(2)20-22(19,21-13(3)4)16-17(5,6)23-15(18-16)14-10-8-7-9-11-14/h7-13,15-16,18H,1-6H3/t15-,16-/m0/s1. The predicted molar refractivity (Wildman–Crippen MR) is 97.8 cm³/mol. The molecule has 0 radical (unpaired) electrons. The summed E-state index contributed by atoms with van der Waals surface area (Å²) < 4.78 is 24.9. The molecule has 0 aliphatic carbocycles. The van der Waals surface area contributed by atoms with Crippen LogP contribution in [0, 0.1) is 0 Å². The lowest BCUT2D eigenvalue weighted by atomic mass is 10.2. The average molecular weight is 357 g/mol. The van der Waals surface area contributed by atoms with Gasteiger partial charge in [0.1, 0.15) is 5.78 Å². The minimum absolute atomic E-state index is 0.0797. The van der Waals surface area contributed by atoms with Crippen molar-refractivity contribution in [3.63, 3.8) is 0 Å². The largest absolute Gasteiger partial charge is 0.349 e.